The van der Waals surface area contributed by atoms with Crippen LogP contribution in [0.4, 0.5) is 0 Å². The van der Waals surface area contributed by atoms with Crippen LogP contribution < -0.4 is 20.2 Å². The molecular weight excluding hydrogens is 474 g/mol. The molecule has 1 saturated heterocycles. The molecule has 0 spiro atoms. The van der Waals surface area contributed by atoms with Crippen LogP contribution in [0.2, 0.25) is 0 Å². The van der Waals surface area contributed by atoms with Gasteiger partial charge in [-0.05, 0) is 62.2 Å². The molecular formula is C27H31N5O5. The van der Waals surface area contributed by atoms with Gasteiger partial charge in [0.15, 0.2) is 18.1 Å². The summed E-state index contributed by atoms with van der Waals surface area (Å²) in [5, 5.41) is 26.8. The van der Waals surface area contributed by atoms with Crippen molar-refractivity contribution < 1.29 is 24.2 Å². The fraction of sp³-hybridized carbons (Fsp3) is 0.407. The molecule has 2 aliphatic heterocycles. The molecule has 0 aromatic heterocycles. The molecule has 0 atom stereocenters. The lowest BCUT2D eigenvalue weighted by molar-refractivity contribution is -0.134. The Morgan fingerprint density at radius 3 is 2.76 bits per heavy atom. The molecule has 0 unspecified atom stereocenters. The molecule has 0 bridgehead atoms. The van der Waals surface area contributed by atoms with Gasteiger partial charge >= 0.3 is 0 Å². The number of likely N-dealkylation sites (tertiary alicyclic amines) is 1. The number of nitrogens with one attached hydrogen (secondary N) is 2. The second-order valence-electron chi connectivity index (χ2n) is 9.02. The Morgan fingerprint density at radius 1 is 1.19 bits per heavy atom. The number of nitrogens with zero attached hydrogens (tertiary/aromatic N) is 3. The number of aromatic hydroxyl groups is 1. The first-order valence-corrected chi connectivity index (χ1v) is 12.5. The molecule has 194 valence electrons. The van der Waals surface area contributed by atoms with Crippen LogP contribution in [-0.2, 0) is 9.59 Å². The van der Waals surface area contributed by atoms with E-state index in [1.54, 1.807) is 35.2 Å². The van der Waals surface area contributed by atoms with E-state index < -0.39 is 0 Å². The largest absolute Gasteiger partial charge is 0.504 e. The van der Waals surface area contributed by atoms with Crippen LogP contribution in [0.1, 0.15) is 43.2 Å². The van der Waals surface area contributed by atoms with Gasteiger partial charge in [0.25, 0.3) is 5.91 Å². The van der Waals surface area contributed by atoms with Gasteiger partial charge in [0, 0.05) is 37.5 Å². The summed E-state index contributed by atoms with van der Waals surface area (Å²) < 4.78 is 11.3. The topological polar surface area (TPSA) is 136 Å². The number of amides is 2. The van der Waals surface area contributed by atoms with Crippen molar-refractivity contribution in [3.05, 3.63) is 53.6 Å². The minimum Gasteiger partial charge on any atom is -0.504 e. The molecule has 10 heteroatoms. The van der Waals surface area contributed by atoms with Gasteiger partial charge in [-0.25, -0.2) is 5.43 Å². The average molecular weight is 506 g/mol. The molecule has 3 N–H and O–H groups in total. The van der Waals surface area contributed by atoms with E-state index in [2.05, 4.69) is 21.9 Å². The predicted molar refractivity (Wildman–Crippen MR) is 136 cm³/mol. The van der Waals surface area contributed by atoms with Gasteiger partial charge in [0.1, 0.15) is 5.75 Å². The number of carbonyl (C=O) groups is 2. The molecule has 2 aliphatic rings. The summed E-state index contributed by atoms with van der Waals surface area (Å²) >= 11 is 0. The van der Waals surface area contributed by atoms with Crippen LogP contribution in [0.15, 0.2) is 47.6 Å². The quantitative estimate of drug-likeness (QED) is 0.422. The number of hydrogen-bond donors (Lipinski definition) is 3. The zero-order valence-corrected chi connectivity index (χ0v) is 20.6. The molecule has 2 aromatic rings. The molecule has 0 radical (unpaired) electrons. The van der Waals surface area contributed by atoms with Crippen molar-refractivity contribution in [2.24, 2.45) is 5.10 Å². The van der Waals surface area contributed by atoms with E-state index in [0.717, 1.165) is 25.8 Å². The zero-order valence-electron chi connectivity index (χ0n) is 20.6. The summed E-state index contributed by atoms with van der Waals surface area (Å²) in [6, 6.07) is 14.5. The Kier molecular flexibility index (Phi) is 8.94. The Balaban J connectivity index is 1.13. The van der Waals surface area contributed by atoms with E-state index in [9.17, 15) is 14.7 Å². The number of phenols is 1. The minimum atomic E-state index is -0.146. The first-order chi connectivity index (χ1) is 18.0. The summed E-state index contributed by atoms with van der Waals surface area (Å²) in [4.78, 5) is 25.7. The van der Waals surface area contributed by atoms with Gasteiger partial charge in [0.05, 0.1) is 24.0 Å². The molecule has 2 amide bonds. The van der Waals surface area contributed by atoms with Crippen molar-refractivity contribution in [2.75, 3.05) is 32.8 Å². The Morgan fingerprint density at radius 2 is 2.03 bits per heavy atom. The fourth-order valence-corrected chi connectivity index (χ4v) is 4.29. The smallest absolute Gasteiger partial charge is 0.260 e. The molecule has 10 nitrogen and oxygen atoms in total. The number of benzene rings is 2. The maximum atomic E-state index is 12.6. The van der Waals surface area contributed by atoms with E-state index in [1.807, 2.05) is 6.07 Å². The van der Waals surface area contributed by atoms with Crippen molar-refractivity contribution in [3.8, 4) is 23.3 Å². The van der Waals surface area contributed by atoms with Crippen molar-refractivity contribution in [1.29, 1.82) is 5.26 Å². The van der Waals surface area contributed by atoms with Gasteiger partial charge in [-0.3, -0.25) is 9.59 Å². The van der Waals surface area contributed by atoms with Crippen LogP contribution >= 0.6 is 0 Å². The third-order valence-corrected chi connectivity index (χ3v) is 6.38. The van der Waals surface area contributed by atoms with Gasteiger partial charge in [-0.15, -0.1) is 0 Å². The van der Waals surface area contributed by atoms with E-state index in [1.165, 1.54) is 6.07 Å². The van der Waals surface area contributed by atoms with E-state index in [-0.39, 0.29) is 29.9 Å². The maximum absolute atomic E-state index is 12.6. The monoisotopic (exact) mass is 505 g/mol. The van der Waals surface area contributed by atoms with E-state index in [4.69, 9.17) is 14.7 Å². The second kappa shape index (κ2) is 12.7. The molecule has 1 fully saturated rings. The normalized spacial score (nSPS) is 15.9. The highest BCUT2D eigenvalue weighted by Gasteiger charge is 2.23. The van der Waals surface area contributed by atoms with Crippen molar-refractivity contribution in [2.45, 2.75) is 38.1 Å². The lowest BCUT2D eigenvalue weighted by atomic mass is 10.0. The predicted octanol–water partition coefficient (Wildman–Crippen LogP) is 2.31. The summed E-state index contributed by atoms with van der Waals surface area (Å²) in [7, 11) is 0. The van der Waals surface area contributed by atoms with Gasteiger partial charge < -0.3 is 24.8 Å². The molecule has 2 aromatic carbocycles. The lowest BCUT2D eigenvalue weighted by Gasteiger charge is -2.32. The number of nitriles is 1. The minimum absolute atomic E-state index is 0.0745. The van der Waals surface area contributed by atoms with E-state index >= 15 is 0 Å². The third-order valence-electron chi connectivity index (χ3n) is 6.38. The molecule has 0 saturated carbocycles. The highest BCUT2D eigenvalue weighted by atomic mass is 16.5. The first-order valence-electron chi connectivity index (χ1n) is 12.5. The lowest BCUT2D eigenvalue weighted by Crippen LogP contribution is -2.46. The first kappa shape index (κ1) is 26.0. The van der Waals surface area contributed by atoms with Crippen molar-refractivity contribution in [1.82, 2.24) is 15.6 Å². The summed E-state index contributed by atoms with van der Waals surface area (Å²) in [5.41, 5.74) is 4.41. The van der Waals surface area contributed by atoms with Crippen LogP contribution in [0.3, 0.4) is 0 Å². The second-order valence-corrected chi connectivity index (χ2v) is 9.02. The Bertz CT molecular complexity index is 1180. The number of phenolic OH excluding ortho intramolecular Hbond substituents is 1. The van der Waals surface area contributed by atoms with Crippen molar-refractivity contribution >= 4 is 17.5 Å². The Hall–Kier alpha value is -4.10. The summed E-state index contributed by atoms with van der Waals surface area (Å²) in [6.45, 7) is 2.52. The summed E-state index contributed by atoms with van der Waals surface area (Å²) in [6.07, 6.45) is 3.41. The maximum Gasteiger partial charge on any atom is 0.260 e. The van der Waals surface area contributed by atoms with E-state index in [0.29, 0.717) is 61.2 Å². The van der Waals surface area contributed by atoms with Crippen LogP contribution in [0.25, 0.3) is 0 Å². The number of hydrazone groups is 1. The number of ether oxygens (including phenoxy) is 2. The zero-order chi connectivity index (χ0) is 26.0. The average Bonchev–Trinajstić information content (AvgIpc) is 2.93. The molecule has 2 heterocycles. The third kappa shape index (κ3) is 7.44. The summed E-state index contributed by atoms with van der Waals surface area (Å²) in [5.74, 6) is 0.613. The molecule has 0 aliphatic carbocycles. The van der Waals surface area contributed by atoms with Gasteiger partial charge in [0.2, 0.25) is 5.91 Å². The van der Waals surface area contributed by atoms with Crippen molar-refractivity contribution in [3.63, 3.8) is 0 Å². The standard InChI is InChI=1S/C27H31N5O5/c28-17-19-3-1-4-22(15-19)36-14-2-11-29-21-9-12-32(13-10-21)27(35)18-37-25-7-5-20(16-24(25)33)23-6-8-26(34)31-30-23/h1,3-5,7,15-16,21,29,33H,2,6,8-14,18H2,(H,31,34). The van der Waals surface area contributed by atoms with Crippen LogP contribution in [-0.4, -0.2) is 66.4 Å². The SMILES string of the molecule is N#Cc1cccc(OCCCNC2CCN(C(=O)COc3ccc(C4=NNC(=O)CC4)cc3O)CC2)c1. The number of piperidine rings is 1. The Labute approximate surface area is 215 Å². The number of carbonyl (C=O) groups excluding carboxylic acids is 2. The number of rotatable bonds is 10. The number of hydrogen-bond acceptors (Lipinski definition) is 8. The van der Waals surface area contributed by atoms with Crippen LogP contribution in [0.5, 0.6) is 17.2 Å². The molecule has 37 heavy (non-hydrogen) atoms. The van der Waals surface area contributed by atoms with Crippen LogP contribution in [0, 0.1) is 11.3 Å². The highest BCUT2D eigenvalue weighted by Crippen LogP contribution is 2.28. The molecule has 4 rings (SSSR count). The van der Waals surface area contributed by atoms with Gasteiger partial charge in [-0.1, -0.05) is 6.07 Å². The van der Waals surface area contributed by atoms with Gasteiger partial charge in [-0.2, -0.15) is 10.4 Å². The fourth-order valence-electron chi connectivity index (χ4n) is 4.29. The highest BCUT2D eigenvalue weighted by molar-refractivity contribution is 6.04.